The molecule has 0 aliphatic heterocycles. The Hall–Kier alpha value is -3.78. The van der Waals surface area contributed by atoms with Crippen molar-refractivity contribution in [2.75, 3.05) is 12.4 Å². The molecule has 7 nitrogen and oxygen atoms in total. The Kier molecular flexibility index (Phi) is 7.26. The summed E-state index contributed by atoms with van der Waals surface area (Å²) in [4.78, 5) is 17.1. The lowest BCUT2D eigenvalue weighted by Gasteiger charge is -2.09. The highest BCUT2D eigenvalue weighted by Crippen LogP contribution is 2.28. The molecule has 168 valence electrons. The molecule has 33 heavy (non-hydrogen) atoms. The van der Waals surface area contributed by atoms with Crippen molar-refractivity contribution < 1.29 is 14.6 Å². The van der Waals surface area contributed by atoms with Gasteiger partial charge in [0, 0.05) is 5.56 Å². The van der Waals surface area contributed by atoms with E-state index in [1.165, 1.54) is 18.0 Å². The van der Waals surface area contributed by atoms with Crippen molar-refractivity contribution in [2.24, 2.45) is 5.10 Å². The van der Waals surface area contributed by atoms with Crippen molar-refractivity contribution >= 4 is 34.9 Å². The average Bonchev–Trinajstić information content (AvgIpc) is 3.18. The zero-order valence-electron chi connectivity index (χ0n) is 18.1. The number of imidazole rings is 1. The molecule has 4 rings (SSSR count). The fraction of sp³-hybridized carbons (Fsp3) is 0.160. The lowest BCUT2D eigenvalue weighted by Crippen LogP contribution is -2.20. The SMILES string of the molecule is CCOc1cccc(C=NNC(=O)CSc2nc3ccccc3n2Cc2ccccc2)c1O. The molecule has 1 heterocycles. The molecule has 0 aliphatic rings. The monoisotopic (exact) mass is 460 g/mol. The second-order valence-corrected chi connectivity index (χ2v) is 8.11. The van der Waals surface area contributed by atoms with Crippen molar-refractivity contribution in [1.82, 2.24) is 15.0 Å². The number of thioether (sulfide) groups is 1. The van der Waals surface area contributed by atoms with E-state index in [2.05, 4.69) is 27.2 Å². The van der Waals surface area contributed by atoms with Crippen molar-refractivity contribution in [3.63, 3.8) is 0 Å². The Morgan fingerprint density at radius 3 is 2.73 bits per heavy atom. The van der Waals surface area contributed by atoms with Crippen LogP contribution < -0.4 is 10.2 Å². The van der Waals surface area contributed by atoms with Crippen LogP contribution in [0.5, 0.6) is 11.5 Å². The van der Waals surface area contributed by atoms with E-state index >= 15 is 0 Å². The third-order valence-corrected chi connectivity index (χ3v) is 5.83. The van der Waals surface area contributed by atoms with Gasteiger partial charge in [0.1, 0.15) is 0 Å². The highest BCUT2D eigenvalue weighted by atomic mass is 32.2. The van der Waals surface area contributed by atoms with E-state index in [4.69, 9.17) is 9.72 Å². The molecule has 0 bridgehead atoms. The van der Waals surface area contributed by atoms with Crippen LogP contribution in [0.4, 0.5) is 0 Å². The van der Waals surface area contributed by atoms with Gasteiger partial charge in [-0.3, -0.25) is 4.79 Å². The number of nitrogens with one attached hydrogen (secondary N) is 1. The number of rotatable bonds is 9. The minimum absolute atomic E-state index is 0.0126. The number of amides is 1. The fourth-order valence-corrected chi connectivity index (χ4v) is 4.14. The Bertz CT molecular complexity index is 1270. The number of phenolic OH excluding ortho intramolecular Hbond substituents is 1. The number of aromatic nitrogens is 2. The number of aromatic hydroxyl groups is 1. The maximum Gasteiger partial charge on any atom is 0.250 e. The van der Waals surface area contributed by atoms with Crippen LogP contribution in [0.15, 0.2) is 83.1 Å². The average molecular weight is 461 g/mol. The van der Waals surface area contributed by atoms with E-state index in [1.807, 2.05) is 49.4 Å². The van der Waals surface area contributed by atoms with Crippen LogP contribution in [0.3, 0.4) is 0 Å². The molecule has 0 aliphatic carbocycles. The Morgan fingerprint density at radius 2 is 1.91 bits per heavy atom. The number of hydrogen-bond acceptors (Lipinski definition) is 6. The molecule has 8 heteroatoms. The first-order valence-electron chi connectivity index (χ1n) is 10.5. The normalized spacial score (nSPS) is 11.2. The molecule has 0 saturated carbocycles. The molecule has 0 spiro atoms. The largest absolute Gasteiger partial charge is 0.504 e. The van der Waals surface area contributed by atoms with Gasteiger partial charge < -0.3 is 14.4 Å². The number of benzene rings is 3. The van der Waals surface area contributed by atoms with Crippen molar-refractivity contribution in [2.45, 2.75) is 18.6 Å². The van der Waals surface area contributed by atoms with E-state index in [-0.39, 0.29) is 17.4 Å². The summed E-state index contributed by atoms with van der Waals surface area (Å²) in [5.74, 6) is 0.248. The summed E-state index contributed by atoms with van der Waals surface area (Å²) in [7, 11) is 0. The van der Waals surface area contributed by atoms with Gasteiger partial charge in [-0.25, -0.2) is 10.4 Å². The summed E-state index contributed by atoms with van der Waals surface area (Å²) < 4.78 is 7.47. The van der Waals surface area contributed by atoms with Crippen LogP contribution in [0.25, 0.3) is 11.0 Å². The zero-order chi connectivity index (χ0) is 23.0. The third-order valence-electron chi connectivity index (χ3n) is 4.86. The molecule has 0 unspecified atom stereocenters. The van der Waals surface area contributed by atoms with E-state index in [0.717, 1.165) is 21.8 Å². The second kappa shape index (κ2) is 10.7. The van der Waals surface area contributed by atoms with Gasteiger partial charge >= 0.3 is 0 Å². The number of ether oxygens (including phenoxy) is 1. The van der Waals surface area contributed by atoms with E-state index in [1.54, 1.807) is 18.2 Å². The molecule has 0 fully saturated rings. The first-order valence-corrected chi connectivity index (χ1v) is 11.5. The molecule has 2 N–H and O–H groups in total. The predicted octanol–water partition coefficient (Wildman–Crippen LogP) is 4.43. The lowest BCUT2D eigenvalue weighted by molar-refractivity contribution is -0.118. The number of para-hydroxylation sites is 3. The van der Waals surface area contributed by atoms with Crippen LogP contribution in [-0.2, 0) is 11.3 Å². The first kappa shape index (κ1) is 22.4. The molecule has 1 amide bonds. The number of fused-ring (bicyclic) bond motifs is 1. The van der Waals surface area contributed by atoms with E-state index in [9.17, 15) is 9.90 Å². The molecule has 3 aromatic carbocycles. The van der Waals surface area contributed by atoms with Crippen molar-refractivity contribution in [3.8, 4) is 11.5 Å². The number of carbonyl (C=O) groups excluding carboxylic acids is 1. The van der Waals surface area contributed by atoms with E-state index < -0.39 is 0 Å². The number of hydrazone groups is 1. The Morgan fingerprint density at radius 1 is 1.12 bits per heavy atom. The molecule has 4 aromatic rings. The summed E-state index contributed by atoms with van der Waals surface area (Å²) in [5, 5.41) is 14.9. The summed E-state index contributed by atoms with van der Waals surface area (Å²) in [5.41, 5.74) is 6.03. The van der Waals surface area contributed by atoms with Crippen LogP contribution >= 0.6 is 11.8 Å². The topological polar surface area (TPSA) is 88.7 Å². The van der Waals surface area contributed by atoms with E-state index in [0.29, 0.717) is 24.5 Å². The van der Waals surface area contributed by atoms with Crippen molar-refractivity contribution in [3.05, 3.63) is 83.9 Å². The summed E-state index contributed by atoms with van der Waals surface area (Å²) in [6, 6.07) is 23.2. The number of nitrogens with zero attached hydrogens (tertiary/aromatic N) is 3. The lowest BCUT2D eigenvalue weighted by atomic mass is 10.2. The quantitative estimate of drug-likeness (QED) is 0.219. The van der Waals surface area contributed by atoms with Gasteiger partial charge in [-0.1, -0.05) is 60.3 Å². The van der Waals surface area contributed by atoms with Gasteiger partial charge in [-0.2, -0.15) is 5.10 Å². The predicted molar refractivity (Wildman–Crippen MR) is 131 cm³/mol. The van der Waals surface area contributed by atoms with Crippen LogP contribution in [-0.4, -0.2) is 39.1 Å². The molecule has 0 radical (unpaired) electrons. The van der Waals surface area contributed by atoms with Gasteiger partial charge in [0.2, 0.25) is 0 Å². The number of carbonyl (C=O) groups is 1. The van der Waals surface area contributed by atoms with Gasteiger partial charge in [-0.05, 0) is 36.8 Å². The van der Waals surface area contributed by atoms with Gasteiger partial charge in [0.25, 0.3) is 5.91 Å². The summed E-state index contributed by atoms with van der Waals surface area (Å²) in [6.45, 7) is 2.95. The zero-order valence-corrected chi connectivity index (χ0v) is 19.0. The van der Waals surface area contributed by atoms with Gasteiger partial charge in [0.05, 0.1) is 36.2 Å². The van der Waals surface area contributed by atoms with Crippen LogP contribution in [0.1, 0.15) is 18.1 Å². The maximum atomic E-state index is 12.4. The number of hydrogen-bond donors (Lipinski definition) is 2. The minimum atomic E-state index is -0.269. The summed E-state index contributed by atoms with van der Waals surface area (Å²) in [6.07, 6.45) is 1.39. The van der Waals surface area contributed by atoms with Gasteiger partial charge in [-0.15, -0.1) is 0 Å². The highest BCUT2D eigenvalue weighted by molar-refractivity contribution is 7.99. The molecular formula is C25H24N4O3S. The van der Waals surface area contributed by atoms with Crippen molar-refractivity contribution in [1.29, 1.82) is 0 Å². The Labute approximate surface area is 196 Å². The summed E-state index contributed by atoms with van der Waals surface area (Å²) >= 11 is 1.36. The van der Waals surface area contributed by atoms with Gasteiger partial charge in [0.15, 0.2) is 16.7 Å². The molecular weight excluding hydrogens is 436 g/mol. The first-order chi connectivity index (χ1) is 16.2. The smallest absolute Gasteiger partial charge is 0.250 e. The number of phenols is 1. The van der Waals surface area contributed by atoms with Crippen LogP contribution in [0, 0.1) is 0 Å². The minimum Gasteiger partial charge on any atom is -0.504 e. The highest BCUT2D eigenvalue weighted by Gasteiger charge is 2.13. The molecule has 1 aromatic heterocycles. The van der Waals surface area contributed by atoms with Crippen LogP contribution in [0.2, 0.25) is 0 Å². The fourth-order valence-electron chi connectivity index (χ4n) is 3.33. The maximum absolute atomic E-state index is 12.4. The second-order valence-electron chi connectivity index (χ2n) is 7.16. The Balaban J connectivity index is 1.42. The standard InChI is InChI=1S/C25H24N4O3S/c1-2-32-22-14-8-11-19(24(22)31)15-26-28-23(30)17-33-25-27-20-12-6-7-13-21(20)29(25)16-18-9-4-3-5-10-18/h3-15,31H,2,16-17H2,1H3,(H,28,30). The molecule has 0 saturated heterocycles. The third kappa shape index (κ3) is 5.53. The molecule has 0 atom stereocenters.